The first-order valence-corrected chi connectivity index (χ1v) is 7.47. The molecular formula is C17H27NO. The molecule has 0 saturated heterocycles. The van der Waals surface area contributed by atoms with Crippen LogP contribution in [-0.2, 0) is 6.42 Å². The van der Waals surface area contributed by atoms with Crippen molar-refractivity contribution in [2.45, 2.75) is 58.6 Å². The highest BCUT2D eigenvalue weighted by Crippen LogP contribution is 2.37. The van der Waals surface area contributed by atoms with Crippen LogP contribution in [0.25, 0.3) is 0 Å². The summed E-state index contributed by atoms with van der Waals surface area (Å²) in [5, 5.41) is 3.42. The van der Waals surface area contributed by atoms with Gasteiger partial charge in [0.2, 0.25) is 0 Å². The van der Waals surface area contributed by atoms with Crippen molar-refractivity contribution in [3.8, 4) is 5.75 Å². The molecule has 2 atom stereocenters. The summed E-state index contributed by atoms with van der Waals surface area (Å²) >= 11 is 0. The second kappa shape index (κ2) is 5.96. The molecule has 106 valence electrons. The zero-order valence-electron chi connectivity index (χ0n) is 12.7. The maximum absolute atomic E-state index is 6.27. The number of likely N-dealkylation sites (N-methyl/N-ethyl adjacent to an activating group) is 1. The first-order valence-electron chi connectivity index (χ1n) is 7.47. The van der Waals surface area contributed by atoms with Gasteiger partial charge in [0.15, 0.2) is 0 Å². The normalized spacial score (nSPS) is 26.1. The van der Waals surface area contributed by atoms with E-state index in [4.69, 9.17) is 4.74 Å². The van der Waals surface area contributed by atoms with Crippen molar-refractivity contribution in [2.24, 2.45) is 5.41 Å². The van der Waals surface area contributed by atoms with E-state index in [2.05, 4.69) is 50.4 Å². The minimum absolute atomic E-state index is 0.279. The summed E-state index contributed by atoms with van der Waals surface area (Å²) in [5.74, 6) is 1.02. The average molecular weight is 261 g/mol. The number of rotatable bonds is 4. The van der Waals surface area contributed by atoms with Crippen molar-refractivity contribution in [1.29, 1.82) is 0 Å². The van der Waals surface area contributed by atoms with Crippen LogP contribution < -0.4 is 10.1 Å². The molecular weight excluding hydrogens is 234 g/mol. The van der Waals surface area contributed by atoms with Gasteiger partial charge in [-0.3, -0.25) is 0 Å². The third-order valence-electron chi connectivity index (χ3n) is 4.30. The molecule has 2 nitrogen and oxygen atoms in total. The summed E-state index contributed by atoms with van der Waals surface area (Å²) in [4.78, 5) is 0. The number of aryl methyl sites for hydroxylation is 1. The van der Waals surface area contributed by atoms with Crippen LogP contribution in [0.3, 0.4) is 0 Å². The fourth-order valence-electron chi connectivity index (χ4n) is 2.99. The topological polar surface area (TPSA) is 21.3 Å². The quantitative estimate of drug-likeness (QED) is 0.890. The van der Waals surface area contributed by atoms with Gasteiger partial charge in [0.25, 0.3) is 0 Å². The van der Waals surface area contributed by atoms with Crippen LogP contribution in [0.1, 0.15) is 45.6 Å². The van der Waals surface area contributed by atoms with Crippen LogP contribution in [-0.4, -0.2) is 19.2 Å². The van der Waals surface area contributed by atoms with Crippen molar-refractivity contribution in [3.05, 3.63) is 29.8 Å². The van der Waals surface area contributed by atoms with Gasteiger partial charge < -0.3 is 10.1 Å². The van der Waals surface area contributed by atoms with E-state index in [1.807, 2.05) is 7.05 Å². The van der Waals surface area contributed by atoms with Gasteiger partial charge in [0.05, 0.1) is 0 Å². The van der Waals surface area contributed by atoms with Crippen LogP contribution in [0, 0.1) is 5.41 Å². The fraction of sp³-hybridized carbons (Fsp3) is 0.647. The lowest BCUT2D eigenvalue weighted by atomic mass is 9.74. The highest BCUT2D eigenvalue weighted by Gasteiger charge is 2.35. The predicted octanol–water partition coefficient (Wildman–Crippen LogP) is 3.79. The Kier molecular flexibility index (Phi) is 4.51. The highest BCUT2D eigenvalue weighted by molar-refractivity contribution is 5.28. The Bertz CT molecular complexity index is 413. The van der Waals surface area contributed by atoms with Crippen molar-refractivity contribution >= 4 is 0 Å². The van der Waals surface area contributed by atoms with Crippen LogP contribution in [0.15, 0.2) is 24.3 Å². The van der Waals surface area contributed by atoms with Gasteiger partial charge in [0.1, 0.15) is 11.9 Å². The zero-order chi connectivity index (χ0) is 13.9. The summed E-state index contributed by atoms with van der Waals surface area (Å²) < 4.78 is 6.27. The summed E-state index contributed by atoms with van der Waals surface area (Å²) in [6, 6.07) is 8.98. The molecule has 0 radical (unpaired) electrons. The molecule has 1 N–H and O–H groups in total. The number of ether oxygens (including phenoxy) is 1. The molecule has 1 aliphatic rings. The molecule has 0 amide bonds. The second-order valence-corrected chi connectivity index (χ2v) is 6.46. The van der Waals surface area contributed by atoms with Crippen molar-refractivity contribution in [3.63, 3.8) is 0 Å². The average Bonchev–Trinajstić information content (AvgIpc) is 2.38. The lowest BCUT2D eigenvalue weighted by molar-refractivity contribution is 0.0558. The molecule has 1 aromatic carbocycles. The Morgan fingerprint density at radius 3 is 2.84 bits per heavy atom. The van der Waals surface area contributed by atoms with E-state index in [1.165, 1.54) is 18.4 Å². The molecule has 0 aromatic heterocycles. The molecule has 0 aliphatic heterocycles. The van der Waals surface area contributed by atoms with Crippen molar-refractivity contribution in [1.82, 2.24) is 5.32 Å². The Morgan fingerprint density at radius 2 is 2.16 bits per heavy atom. The summed E-state index contributed by atoms with van der Waals surface area (Å²) in [6.45, 7) is 6.87. The summed E-state index contributed by atoms with van der Waals surface area (Å²) in [5.41, 5.74) is 1.73. The van der Waals surface area contributed by atoms with E-state index in [-0.39, 0.29) is 6.10 Å². The Hall–Kier alpha value is -1.02. The molecule has 1 aromatic rings. The molecule has 2 unspecified atom stereocenters. The Labute approximate surface area is 117 Å². The molecule has 2 rings (SSSR count). The number of benzene rings is 1. The van der Waals surface area contributed by atoms with Crippen LogP contribution in [0.5, 0.6) is 5.75 Å². The van der Waals surface area contributed by atoms with Crippen molar-refractivity contribution < 1.29 is 4.74 Å². The smallest absolute Gasteiger partial charge is 0.120 e. The van der Waals surface area contributed by atoms with Crippen LogP contribution >= 0.6 is 0 Å². The summed E-state index contributed by atoms with van der Waals surface area (Å²) in [6.07, 6.45) is 4.92. The van der Waals surface area contributed by atoms with E-state index < -0.39 is 0 Å². The Balaban J connectivity index is 2.09. The lowest BCUT2D eigenvalue weighted by Gasteiger charge is -2.40. The molecule has 19 heavy (non-hydrogen) atoms. The highest BCUT2D eigenvalue weighted by atomic mass is 16.5. The lowest BCUT2D eigenvalue weighted by Crippen LogP contribution is -2.47. The first-order chi connectivity index (χ1) is 9.04. The molecule has 1 fully saturated rings. The molecule has 1 saturated carbocycles. The van der Waals surface area contributed by atoms with Gasteiger partial charge in [-0.1, -0.05) is 32.9 Å². The minimum Gasteiger partial charge on any atom is -0.489 e. The van der Waals surface area contributed by atoms with Gasteiger partial charge in [0, 0.05) is 6.04 Å². The monoisotopic (exact) mass is 261 g/mol. The molecule has 0 bridgehead atoms. The molecule has 1 aliphatic carbocycles. The third kappa shape index (κ3) is 3.73. The maximum atomic E-state index is 6.27. The fourth-order valence-corrected chi connectivity index (χ4v) is 2.99. The molecule has 0 heterocycles. The third-order valence-corrected chi connectivity index (χ3v) is 4.30. The minimum atomic E-state index is 0.279. The number of hydrogen-bond acceptors (Lipinski definition) is 2. The van der Waals surface area contributed by atoms with E-state index in [9.17, 15) is 0 Å². The predicted molar refractivity (Wildman–Crippen MR) is 80.7 cm³/mol. The number of hydrogen-bond donors (Lipinski definition) is 1. The van der Waals surface area contributed by atoms with Gasteiger partial charge in [-0.15, -0.1) is 0 Å². The molecule has 0 spiro atoms. The van der Waals surface area contributed by atoms with Crippen LogP contribution in [0.4, 0.5) is 0 Å². The standard InChI is InChI=1S/C17H27NO/c1-5-13-7-6-8-14(11-13)19-16-12-17(2,3)10-9-15(16)18-4/h6-8,11,15-16,18H,5,9-10,12H2,1-4H3. The second-order valence-electron chi connectivity index (χ2n) is 6.46. The van der Waals surface area contributed by atoms with E-state index in [0.29, 0.717) is 11.5 Å². The summed E-state index contributed by atoms with van der Waals surface area (Å²) in [7, 11) is 2.04. The maximum Gasteiger partial charge on any atom is 0.120 e. The van der Waals surface area contributed by atoms with Gasteiger partial charge in [-0.2, -0.15) is 0 Å². The van der Waals surface area contributed by atoms with Gasteiger partial charge in [-0.25, -0.2) is 0 Å². The number of nitrogens with one attached hydrogen (secondary N) is 1. The molecule has 2 heteroatoms. The van der Waals surface area contributed by atoms with E-state index in [0.717, 1.165) is 18.6 Å². The van der Waals surface area contributed by atoms with E-state index in [1.54, 1.807) is 0 Å². The SMILES string of the molecule is CCc1cccc(OC2CC(C)(C)CCC2NC)c1. The Morgan fingerprint density at radius 1 is 1.37 bits per heavy atom. The van der Waals surface area contributed by atoms with E-state index >= 15 is 0 Å². The first kappa shape index (κ1) is 14.4. The van der Waals surface area contributed by atoms with Gasteiger partial charge in [-0.05, 0) is 55.8 Å². The zero-order valence-corrected chi connectivity index (χ0v) is 12.7. The van der Waals surface area contributed by atoms with Crippen molar-refractivity contribution in [2.75, 3.05) is 7.05 Å². The van der Waals surface area contributed by atoms with Gasteiger partial charge >= 0.3 is 0 Å². The van der Waals surface area contributed by atoms with Crippen LogP contribution in [0.2, 0.25) is 0 Å². The largest absolute Gasteiger partial charge is 0.489 e.